The molecule has 1 aromatic carbocycles. The summed E-state index contributed by atoms with van der Waals surface area (Å²) in [5, 5.41) is 12.6. The molecule has 1 saturated heterocycles. The van der Waals surface area contributed by atoms with Crippen LogP contribution in [0.15, 0.2) is 29.6 Å². The Bertz CT molecular complexity index is 977. The van der Waals surface area contributed by atoms with Crippen LogP contribution in [0, 0.1) is 10.1 Å². The number of hydrogen-bond donors (Lipinski definition) is 1. The SMILES string of the molecule is CC(=O)S[C@H]1C[C@@H](c2nc(C(N)=O)cs2)N(C(=O)OCc2ccc([N+](=O)[O-])cc2)C1. The number of thioether (sulfide) groups is 1. The zero-order valence-electron chi connectivity index (χ0n) is 15.8. The largest absolute Gasteiger partial charge is 0.445 e. The average molecular weight is 450 g/mol. The van der Waals surface area contributed by atoms with Crippen LogP contribution in [0.1, 0.15) is 40.4 Å². The van der Waals surface area contributed by atoms with Crippen molar-refractivity contribution in [2.45, 2.75) is 31.2 Å². The summed E-state index contributed by atoms with van der Waals surface area (Å²) in [6, 6.07) is 5.26. The van der Waals surface area contributed by atoms with Crippen molar-refractivity contribution in [3.8, 4) is 0 Å². The minimum atomic E-state index is -0.655. The standard InChI is InChI=1S/C18H18N4O6S2/c1-10(23)30-13-6-15(17-20-14(9-29-17)16(19)24)21(7-13)18(25)28-8-11-2-4-12(5-3-11)22(26)27/h2-5,9,13,15H,6-8H2,1H3,(H2,19,24)/t13-,15-/m0/s1. The van der Waals surface area contributed by atoms with E-state index in [4.69, 9.17) is 10.5 Å². The summed E-state index contributed by atoms with van der Waals surface area (Å²) in [6.45, 7) is 1.69. The first-order valence-electron chi connectivity index (χ1n) is 8.83. The van der Waals surface area contributed by atoms with Crippen molar-refractivity contribution in [3.63, 3.8) is 0 Å². The molecule has 30 heavy (non-hydrogen) atoms. The zero-order valence-corrected chi connectivity index (χ0v) is 17.5. The van der Waals surface area contributed by atoms with Crippen LogP contribution in [-0.4, -0.2) is 43.7 Å². The number of nitrogens with two attached hydrogens (primary N) is 1. The third-order valence-corrected chi connectivity index (χ3v) is 6.35. The minimum Gasteiger partial charge on any atom is -0.445 e. The van der Waals surface area contributed by atoms with Gasteiger partial charge in [-0.2, -0.15) is 0 Å². The van der Waals surface area contributed by atoms with Crippen LogP contribution in [0.5, 0.6) is 0 Å². The molecule has 1 aliphatic heterocycles. The van der Waals surface area contributed by atoms with Crippen molar-refractivity contribution >= 4 is 45.9 Å². The third-order valence-electron chi connectivity index (χ3n) is 4.40. The van der Waals surface area contributed by atoms with Crippen molar-refractivity contribution in [1.29, 1.82) is 0 Å². The van der Waals surface area contributed by atoms with E-state index in [9.17, 15) is 24.5 Å². The molecule has 0 radical (unpaired) electrons. The lowest BCUT2D eigenvalue weighted by Crippen LogP contribution is -2.32. The summed E-state index contributed by atoms with van der Waals surface area (Å²) in [5.41, 5.74) is 5.93. The van der Waals surface area contributed by atoms with Crippen molar-refractivity contribution in [2.24, 2.45) is 5.73 Å². The number of hydrogen-bond acceptors (Lipinski definition) is 9. The molecule has 10 nitrogen and oxygen atoms in total. The number of primary amides is 1. The Labute approximate surface area is 179 Å². The van der Waals surface area contributed by atoms with Crippen molar-refractivity contribution in [1.82, 2.24) is 9.88 Å². The molecule has 3 rings (SSSR count). The predicted octanol–water partition coefficient (Wildman–Crippen LogP) is 2.88. The molecule has 2 heterocycles. The molecule has 0 aliphatic carbocycles. The molecule has 1 aromatic heterocycles. The molecular weight excluding hydrogens is 432 g/mol. The van der Waals surface area contributed by atoms with Crippen LogP contribution < -0.4 is 5.73 Å². The second-order valence-electron chi connectivity index (χ2n) is 6.55. The van der Waals surface area contributed by atoms with Gasteiger partial charge in [-0.1, -0.05) is 11.8 Å². The number of carbonyl (C=O) groups is 3. The van der Waals surface area contributed by atoms with E-state index in [2.05, 4.69) is 4.98 Å². The molecule has 2 aromatic rings. The summed E-state index contributed by atoms with van der Waals surface area (Å²) >= 11 is 2.36. The number of nitrogens with zero attached hydrogens (tertiary/aromatic N) is 3. The lowest BCUT2D eigenvalue weighted by atomic mass is 10.2. The molecule has 2 N–H and O–H groups in total. The predicted molar refractivity (Wildman–Crippen MR) is 110 cm³/mol. The molecule has 0 bridgehead atoms. The molecular formula is C18H18N4O6S2. The highest BCUT2D eigenvalue weighted by molar-refractivity contribution is 8.14. The van der Waals surface area contributed by atoms with Gasteiger partial charge in [0.05, 0.1) is 11.0 Å². The van der Waals surface area contributed by atoms with E-state index in [1.807, 2.05) is 0 Å². The Morgan fingerprint density at radius 1 is 1.37 bits per heavy atom. The fourth-order valence-electron chi connectivity index (χ4n) is 3.05. The maximum atomic E-state index is 12.7. The van der Waals surface area contributed by atoms with E-state index in [1.54, 1.807) is 0 Å². The first kappa shape index (κ1) is 21.7. The number of likely N-dealkylation sites (tertiary alicyclic amines) is 1. The van der Waals surface area contributed by atoms with Crippen LogP contribution >= 0.6 is 23.1 Å². The summed E-state index contributed by atoms with van der Waals surface area (Å²) in [7, 11) is 0. The first-order valence-corrected chi connectivity index (χ1v) is 10.6. The van der Waals surface area contributed by atoms with Crippen molar-refractivity contribution in [2.75, 3.05) is 6.54 Å². The molecule has 0 unspecified atom stereocenters. The van der Waals surface area contributed by atoms with E-state index in [0.29, 0.717) is 23.5 Å². The molecule has 2 atom stereocenters. The number of thiazole rings is 1. The second kappa shape index (κ2) is 9.22. The quantitative estimate of drug-likeness (QED) is 0.522. The number of rotatable bonds is 6. The van der Waals surface area contributed by atoms with E-state index in [1.165, 1.54) is 52.8 Å². The van der Waals surface area contributed by atoms with E-state index < -0.39 is 23.0 Å². The van der Waals surface area contributed by atoms with Gasteiger partial charge in [-0.3, -0.25) is 24.6 Å². The van der Waals surface area contributed by atoms with Gasteiger partial charge in [0, 0.05) is 36.2 Å². The molecule has 0 spiro atoms. The third kappa shape index (κ3) is 5.13. The summed E-state index contributed by atoms with van der Waals surface area (Å²) in [4.78, 5) is 51.5. The van der Waals surface area contributed by atoms with Gasteiger partial charge in [0.1, 0.15) is 17.3 Å². The fourth-order valence-corrected chi connectivity index (χ4v) is 4.97. The van der Waals surface area contributed by atoms with E-state index in [0.717, 1.165) is 11.8 Å². The molecule has 1 fully saturated rings. The van der Waals surface area contributed by atoms with E-state index in [-0.39, 0.29) is 28.4 Å². The number of non-ortho nitro benzene ring substituents is 1. The Morgan fingerprint density at radius 3 is 2.63 bits per heavy atom. The van der Waals surface area contributed by atoms with Crippen molar-refractivity contribution < 1.29 is 24.0 Å². The maximum Gasteiger partial charge on any atom is 0.410 e. The minimum absolute atomic E-state index is 0.0530. The normalized spacial score (nSPS) is 18.2. The van der Waals surface area contributed by atoms with Crippen LogP contribution in [-0.2, 0) is 16.1 Å². The maximum absolute atomic E-state index is 12.7. The highest BCUT2D eigenvalue weighted by atomic mass is 32.2. The molecule has 1 aliphatic rings. The van der Waals surface area contributed by atoms with Gasteiger partial charge in [-0.05, 0) is 24.1 Å². The molecule has 2 amide bonds. The number of amides is 2. The lowest BCUT2D eigenvalue weighted by Gasteiger charge is -2.22. The first-order chi connectivity index (χ1) is 14.2. The monoisotopic (exact) mass is 450 g/mol. The highest BCUT2D eigenvalue weighted by Gasteiger charge is 2.39. The Kier molecular flexibility index (Phi) is 6.67. The van der Waals surface area contributed by atoms with Gasteiger partial charge >= 0.3 is 6.09 Å². The number of nitro benzene ring substituents is 1. The average Bonchev–Trinajstić information content (AvgIpc) is 3.33. The van der Waals surface area contributed by atoms with E-state index >= 15 is 0 Å². The van der Waals surface area contributed by atoms with Crippen LogP contribution in [0.4, 0.5) is 10.5 Å². The van der Waals surface area contributed by atoms with Gasteiger partial charge in [-0.25, -0.2) is 9.78 Å². The molecule has 12 heteroatoms. The van der Waals surface area contributed by atoms with Gasteiger partial charge in [0.25, 0.3) is 11.6 Å². The number of carbonyl (C=O) groups excluding carboxylic acids is 3. The van der Waals surface area contributed by atoms with Gasteiger partial charge in [0.15, 0.2) is 5.12 Å². The number of aromatic nitrogens is 1. The topological polar surface area (TPSA) is 146 Å². The van der Waals surface area contributed by atoms with Gasteiger partial charge < -0.3 is 10.5 Å². The number of nitro groups is 1. The fraction of sp³-hybridized carbons (Fsp3) is 0.333. The molecule has 158 valence electrons. The summed E-state index contributed by atoms with van der Waals surface area (Å²) in [6.07, 6.45) is -0.108. The lowest BCUT2D eigenvalue weighted by molar-refractivity contribution is -0.384. The van der Waals surface area contributed by atoms with Crippen LogP contribution in [0.3, 0.4) is 0 Å². The smallest absolute Gasteiger partial charge is 0.410 e. The number of ether oxygens (including phenoxy) is 1. The number of benzene rings is 1. The van der Waals surface area contributed by atoms with Crippen molar-refractivity contribution in [3.05, 3.63) is 56.0 Å². The summed E-state index contributed by atoms with van der Waals surface area (Å²) in [5.74, 6) is -0.655. The van der Waals surface area contributed by atoms with Gasteiger partial charge in [0.2, 0.25) is 0 Å². The van der Waals surface area contributed by atoms with Crippen LogP contribution in [0.2, 0.25) is 0 Å². The highest BCUT2D eigenvalue weighted by Crippen LogP contribution is 2.39. The Morgan fingerprint density at radius 2 is 2.07 bits per heavy atom. The zero-order chi connectivity index (χ0) is 21.8. The Hall–Kier alpha value is -2.99. The van der Waals surface area contributed by atoms with Crippen LogP contribution in [0.25, 0.3) is 0 Å². The Balaban J connectivity index is 1.71. The summed E-state index contributed by atoms with van der Waals surface area (Å²) < 4.78 is 5.38. The van der Waals surface area contributed by atoms with Gasteiger partial charge in [-0.15, -0.1) is 11.3 Å². The molecule has 0 saturated carbocycles. The second-order valence-corrected chi connectivity index (χ2v) is 8.92.